The van der Waals surface area contributed by atoms with E-state index in [0.717, 1.165) is 5.56 Å². The predicted octanol–water partition coefficient (Wildman–Crippen LogP) is 1.32. The van der Waals surface area contributed by atoms with Crippen LogP contribution >= 0.6 is 0 Å². The van der Waals surface area contributed by atoms with E-state index in [9.17, 15) is 14.4 Å². The Labute approximate surface area is 184 Å². The summed E-state index contributed by atoms with van der Waals surface area (Å²) in [5.74, 6) is -1.84. The van der Waals surface area contributed by atoms with Gasteiger partial charge >= 0.3 is 17.9 Å². The van der Waals surface area contributed by atoms with Crippen LogP contribution in [0.1, 0.15) is 38.3 Å². The standard InChI is InChI=1S/C21H25N3O8/c1-13(25)30-18-12-29-21(20(32-15(3)27)19(18)31-14(2)26)24-9-17(22-23-24)11-28-10-16-7-5-4-6-8-16/h4-9,18-21H,10-12H2,1-3H3. The maximum Gasteiger partial charge on any atom is 0.303 e. The van der Waals surface area contributed by atoms with Crippen molar-refractivity contribution in [3.8, 4) is 0 Å². The molecular weight excluding hydrogens is 422 g/mol. The number of hydrogen-bond donors (Lipinski definition) is 0. The first-order valence-electron chi connectivity index (χ1n) is 9.99. The van der Waals surface area contributed by atoms with Crippen molar-refractivity contribution in [3.63, 3.8) is 0 Å². The third kappa shape index (κ3) is 6.34. The average molecular weight is 447 g/mol. The van der Waals surface area contributed by atoms with Crippen molar-refractivity contribution < 1.29 is 38.1 Å². The SMILES string of the molecule is CC(=O)OC1COC(n2cc(COCc3ccccc3)nn2)C(OC(C)=O)C1OC(C)=O. The zero-order valence-corrected chi connectivity index (χ0v) is 18.0. The van der Waals surface area contributed by atoms with Crippen molar-refractivity contribution >= 4 is 17.9 Å². The van der Waals surface area contributed by atoms with Crippen molar-refractivity contribution in [2.24, 2.45) is 0 Å². The second kappa shape index (κ2) is 10.8. The molecule has 1 saturated heterocycles. The third-order valence-electron chi connectivity index (χ3n) is 4.50. The van der Waals surface area contributed by atoms with Gasteiger partial charge in [0.2, 0.25) is 0 Å². The minimum absolute atomic E-state index is 0.0976. The van der Waals surface area contributed by atoms with E-state index in [1.54, 1.807) is 6.20 Å². The molecule has 0 amide bonds. The Morgan fingerprint density at radius 1 is 0.969 bits per heavy atom. The first-order chi connectivity index (χ1) is 15.3. The van der Waals surface area contributed by atoms with E-state index >= 15 is 0 Å². The minimum Gasteiger partial charge on any atom is -0.456 e. The molecule has 4 unspecified atom stereocenters. The van der Waals surface area contributed by atoms with Crippen molar-refractivity contribution in [3.05, 3.63) is 47.8 Å². The lowest BCUT2D eigenvalue weighted by atomic mass is 10.0. The number of aromatic nitrogens is 3. The second-order valence-electron chi connectivity index (χ2n) is 7.19. The highest BCUT2D eigenvalue weighted by Crippen LogP contribution is 2.30. The molecule has 0 bridgehead atoms. The number of rotatable bonds is 8. The molecule has 1 aliphatic rings. The van der Waals surface area contributed by atoms with Crippen LogP contribution < -0.4 is 0 Å². The molecule has 1 aliphatic heterocycles. The Kier molecular flexibility index (Phi) is 7.90. The van der Waals surface area contributed by atoms with E-state index < -0.39 is 42.4 Å². The van der Waals surface area contributed by atoms with Crippen LogP contribution in [0, 0.1) is 0 Å². The highest BCUT2D eigenvalue weighted by molar-refractivity contribution is 5.68. The molecule has 1 aromatic heterocycles. The van der Waals surface area contributed by atoms with Crippen LogP contribution in [-0.2, 0) is 51.3 Å². The lowest BCUT2D eigenvalue weighted by molar-refractivity contribution is -0.241. The topological polar surface area (TPSA) is 128 Å². The molecule has 0 aliphatic carbocycles. The monoisotopic (exact) mass is 447 g/mol. The summed E-state index contributed by atoms with van der Waals surface area (Å²) in [6, 6.07) is 9.67. The third-order valence-corrected chi connectivity index (χ3v) is 4.50. The Bertz CT molecular complexity index is 932. The lowest BCUT2D eigenvalue weighted by Gasteiger charge is -2.40. The summed E-state index contributed by atoms with van der Waals surface area (Å²) in [6.45, 7) is 4.14. The molecule has 172 valence electrons. The number of carbonyl (C=O) groups is 3. The first-order valence-corrected chi connectivity index (χ1v) is 9.99. The van der Waals surface area contributed by atoms with Crippen molar-refractivity contribution in [2.75, 3.05) is 6.61 Å². The van der Waals surface area contributed by atoms with E-state index in [4.69, 9.17) is 23.7 Å². The number of nitrogens with zero attached hydrogens (tertiary/aromatic N) is 3. The number of carbonyl (C=O) groups excluding carboxylic acids is 3. The highest BCUT2D eigenvalue weighted by Gasteiger charge is 2.48. The summed E-state index contributed by atoms with van der Waals surface area (Å²) in [5, 5.41) is 8.11. The fourth-order valence-electron chi connectivity index (χ4n) is 3.30. The fourth-order valence-corrected chi connectivity index (χ4v) is 3.30. The van der Waals surface area contributed by atoms with Crippen LogP contribution in [0.4, 0.5) is 0 Å². The first kappa shape index (κ1) is 23.4. The number of benzene rings is 1. The van der Waals surface area contributed by atoms with Gasteiger partial charge in [-0.15, -0.1) is 5.10 Å². The maximum absolute atomic E-state index is 11.7. The summed E-state index contributed by atoms with van der Waals surface area (Å²) in [5.41, 5.74) is 1.54. The van der Waals surface area contributed by atoms with Gasteiger partial charge < -0.3 is 23.7 Å². The molecular formula is C21H25N3O8. The summed E-state index contributed by atoms with van der Waals surface area (Å²) in [4.78, 5) is 34.9. The van der Waals surface area contributed by atoms with Crippen LogP contribution in [0.15, 0.2) is 36.5 Å². The van der Waals surface area contributed by atoms with Crippen LogP contribution in [0.5, 0.6) is 0 Å². The molecule has 1 aromatic carbocycles. The molecule has 0 spiro atoms. The normalized spacial score (nSPS) is 22.7. The lowest BCUT2D eigenvalue weighted by Crippen LogP contribution is -2.55. The number of hydrogen-bond acceptors (Lipinski definition) is 10. The van der Waals surface area contributed by atoms with Gasteiger partial charge in [0, 0.05) is 20.8 Å². The summed E-state index contributed by atoms with van der Waals surface area (Å²) >= 11 is 0. The van der Waals surface area contributed by atoms with Crippen LogP contribution in [0.2, 0.25) is 0 Å². The molecule has 0 N–H and O–H groups in total. The van der Waals surface area contributed by atoms with Crippen molar-refractivity contribution in [1.29, 1.82) is 0 Å². The zero-order chi connectivity index (χ0) is 23.1. The predicted molar refractivity (Wildman–Crippen MR) is 107 cm³/mol. The van der Waals surface area contributed by atoms with Gasteiger partial charge in [-0.1, -0.05) is 35.5 Å². The smallest absolute Gasteiger partial charge is 0.303 e. The zero-order valence-electron chi connectivity index (χ0n) is 18.0. The van der Waals surface area contributed by atoms with Crippen molar-refractivity contribution in [1.82, 2.24) is 15.0 Å². The summed E-state index contributed by atoms with van der Waals surface area (Å²) < 4.78 is 28.7. The van der Waals surface area contributed by atoms with Gasteiger partial charge in [0.1, 0.15) is 5.69 Å². The van der Waals surface area contributed by atoms with E-state index in [1.165, 1.54) is 25.5 Å². The summed E-state index contributed by atoms with van der Waals surface area (Å²) in [6.07, 6.45) is -2.52. The fraction of sp³-hybridized carbons (Fsp3) is 0.476. The van der Waals surface area contributed by atoms with Crippen LogP contribution in [-0.4, -0.2) is 57.8 Å². The van der Waals surface area contributed by atoms with Gasteiger partial charge in [0.25, 0.3) is 0 Å². The van der Waals surface area contributed by atoms with E-state index in [0.29, 0.717) is 12.3 Å². The molecule has 0 radical (unpaired) electrons. The Hall–Kier alpha value is -3.31. The highest BCUT2D eigenvalue weighted by atomic mass is 16.6. The van der Waals surface area contributed by atoms with E-state index in [2.05, 4.69) is 10.3 Å². The molecule has 3 rings (SSSR count). The molecule has 11 heteroatoms. The molecule has 2 heterocycles. The average Bonchev–Trinajstić information content (AvgIpc) is 3.19. The van der Waals surface area contributed by atoms with Crippen molar-refractivity contribution in [2.45, 2.75) is 58.5 Å². The number of esters is 3. The molecule has 1 fully saturated rings. The van der Waals surface area contributed by atoms with Gasteiger partial charge in [-0.3, -0.25) is 14.4 Å². The van der Waals surface area contributed by atoms with E-state index in [1.807, 2.05) is 30.3 Å². The molecule has 0 saturated carbocycles. The maximum atomic E-state index is 11.7. The quantitative estimate of drug-likeness (QED) is 0.432. The number of ether oxygens (including phenoxy) is 5. The molecule has 32 heavy (non-hydrogen) atoms. The Morgan fingerprint density at radius 3 is 2.28 bits per heavy atom. The Morgan fingerprint density at radius 2 is 1.62 bits per heavy atom. The van der Waals surface area contributed by atoms with Crippen LogP contribution in [0.3, 0.4) is 0 Å². The largest absolute Gasteiger partial charge is 0.456 e. The Balaban J connectivity index is 1.73. The van der Waals surface area contributed by atoms with Gasteiger partial charge in [-0.05, 0) is 5.56 Å². The van der Waals surface area contributed by atoms with Gasteiger partial charge in [0.05, 0.1) is 26.0 Å². The second-order valence-corrected chi connectivity index (χ2v) is 7.19. The van der Waals surface area contributed by atoms with Crippen LogP contribution in [0.25, 0.3) is 0 Å². The van der Waals surface area contributed by atoms with E-state index in [-0.39, 0.29) is 13.2 Å². The van der Waals surface area contributed by atoms with Gasteiger partial charge in [-0.2, -0.15) is 0 Å². The molecule has 2 aromatic rings. The summed E-state index contributed by atoms with van der Waals surface area (Å²) in [7, 11) is 0. The molecule has 11 nitrogen and oxygen atoms in total. The van der Waals surface area contributed by atoms with Gasteiger partial charge in [-0.25, -0.2) is 4.68 Å². The molecule has 4 atom stereocenters. The van der Waals surface area contributed by atoms with Gasteiger partial charge in [0.15, 0.2) is 24.5 Å². The minimum atomic E-state index is -1.12.